The second-order valence-corrected chi connectivity index (χ2v) is 5.11. The monoisotopic (exact) mass is 343 g/mol. The largest absolute Gasteiger partial charge is 0.481 e. The normalized spacial score (nSPS) is 11.8. The Balaban J connectivity index is 2.65. The zero-order valence-corrected chi connectivity index (χ0v) is 13.1. The molecule has 0 spiro atoms. The van der Waals surface area contributed by atoms with Gasteiger partial charge in [-0.05, 0) is 41.9 Å². The fourth-order valence-electron chi connectivity index (χ4n) is 1.69. The Morgan fingerprint density at radius 3 is 2.60 bits per heavy atom. The number of ether oxygens (including phenoxy) is 1. The van der Waals surface area contributed by atoms with Crippen molar-refractivity contribution in [2.75, 3.05) is 13.1 Å². The van der Waals surface area contributed by atoms with E-state index in [1.54, 1.807) is 13.0 Å². The summed E-state index contributed by atoms with van der Waals surface area (Å²) in [6, 6.07) is 7.27. The van der Waals surface area contributed by atoms with E-state index < -0.39 is 12.1 Å². The van der Waals surface area contributed by atoms with Crippen LogP contribution in [0.3, 0.4) is 0 Å². The highest BCUT2D eigenvalue weighted by atomic mass is 79.9. The van der Waals surface area contributed by atoms with E-state index >= 15 is 0 Å². The van der Waals surface area contributed by atoms with Gasteiger partial charge in [-0.1, -0.05) is 12.1 Å². The lowest BCUT2D eigenvalue weighted by Gasteiger charge is -2.24. The summed E-state index contributed by atoms with van der Waals surface area (Å²) < 4.78 is 6.38. The molecule has 0 fully saturated rings. The molecule has 0 heterocycles. The number of carbonyl (C=O) groups excluding carboxylic acids is 1. The number of nitrogens with zero attached hydrogens (tertiary/aromatic N) is 1. The molecule has 1 rings (SSSR count). The van der Waals surface area contributed by atoms with Crippen molar-refractivity contribution >= 4 is 27.8 Å². The first-order valence-corrected chi connectivity index (χ1v) is 7.16. The minimum absolute atomic E-state index is 0.0681. The van der Waals surface area contributed by atoms with Crippen molar-refractivity contribution in [1.29, 1.82) is 0 Å². The van der Waals surface area contributed by atoms with Gasteiger partial charge in [0.15, 0.2) is 6.10 Å². The molecule has 1 unspecified atom stereocenters. The molecule has 0 saturated carbocycles. The van der Waals surface area contributed by atoms with E-state index in [0.717, 1.165) is 4.47 Å². The van der Waals surface area contributed by atoms with Gasteiger partial charge in [0.25, 0.3) is 5.91 Å². The lowest BCUT2D eigenvalue weighted by atomic mass is 10.3. The molecule has 0 aliphatic rings. The number of amides is 1. The van der Waals surface area contributed by atoms with Gasteiger partial charge < -0.3 is 14.7 Å². The zero-order chi connectivity index (χ0) is 15.1. The average Bonchev–Trinajstić information content (AvgIpc) is 2.41. The number of likely N-dealkylation sites (N-methyl/N-ethyl adjacent to an activating group) is 1. The number of hydrogen-bond acceptors (Lipinski definition) is 3. The highest BCUT2D eigenvalue weighted by molar-refractivity contribution is 9.10. The number of carboxylic acid groups (broad SMARTS) is 1. The van der Waals surface area contributed by atoms with Crippen LogP contribution < -0.4 is 4.74 Å². The van der Waals surface area contributed by atoms with Gasteiger partial charge in [-0.15, -0.1) is 0 Å². The zero-order valence-electron chi connectivity index (χ0n) is 11.5. The topological polar surface area (TPSA) is 66.8 Å². The molecule has 6 heteroatoms. The molecule has 1 N–H and O–H groups in total. The second kappa shape index (κ2) is 7.89. The summed E-state index contributed by atoms with van der Waals surface area (Å²) >= 11 is 3.35. The molecule has 1 atom stereocenters. The van der Waals surface area contributed by atoms with Crippen LogP contribution in [0.25, 0.3) is 0 Å². The first-order valence-electron chi connectivity index (χ1n) is 6.37. The summed E-state index contributed by atoms with van der Waals surface area (Å²) in [5, 5.41) is 8.67. The maximum absolute atomic E-state index is 12.2. The van der Waals surface area contributed by atoms with Crippen LogP contribution in [0.15, 0.2) is 28.7 Å². The van der Waals surface area contributed by atoms with Crippen molar-refractivity contribution in [1.82, 2.24) is 4.90 Å². The smallest absolute Gasteiger partial charge is 0.305 e. The number of carboxylic acids is 1. The fourth-order valence-corrected chi connectivity index (χ4v) is 2.07. The van der Waals surface area contributed by atoms with E-state index in [4.69, 9.17) is 9.84 Å². The van der Waals surface area contributed by atoms with Crippen molar-refractivity contribution in [2.24, 2.45) is 0 Å². The van der Waals surface area contributed by atoms with E-state index in [2.05, 4.69) is 15.9 Å². The van der Waals surface area contributed by atoms with Gasteiger partial charge in [0.05, 0.1) is 10.9 Å². The van der Waals surface area contributed by atoms with Crippen LogP contribution in [0.4, 0.5) is 0 Å². The predicted molar refractivity (Wildman–Crippen MR) is 78.7 cm³/mol. The molecule has 110 valence electrons. The minimum Gasteiger partial charge on any atom is -0.481 e. The SMILES string of the molecule is CCN(CCC(=O)O)C(=O)C(C)Oc1ccccc1Br. The lowest BCUT2D eigenvalue weighted by molar-refractivity contribution is -0.140. The molecule has 0 aliphatic carbocycles. The molecule has 1 aromatic carbocycles. The second-order valence-electron chi connectivity index (χ2n) is 4.25. The number of rotatable bonds is 7. The number of halogens is 1. The first-order chi connectivity index (χ1) is 9.45. The summed E-state index contributed by atoms with van der Waals surface area (Å²) in [7, 11) is 0. The first kappa shape index (κ1) is 16.5. The Labute approximate surface area is 126 Å². The molecule has 1 aromatic rings. The fraction of sp³-hybridized carbons (Fsp3) is 0.429. The van der Waals surface area contributed by atoms with Crippen LogP contribution in [0, 0.1) is 0 Å². The Morgan fingerprint density at radius 2 is 2.05 bits per heavy atom. The van der Waals surface area contributed by atoms with Crippen LogP contribution in [0.5, 0.6) is 5.75 Å². The number of hydrogen-bond donors (Lipinski definition) is 1. The highest BCUT2D eigenvalue weighted by Crippen LogP contribution is 2.25. The van der Waals surface area contributed by atoms with Gasteiger partial charge in [0, 0.05) is 13.1 Å². The predicted octanol–water partition coefficient (Wildman–Crippen LogP) is 2.54. The summed E-state index contributed by atoms with van der Waals surface area (Å²) in [5.74, 6) is -0.553. The molecule has 20 heavy (non-hydrogen) atoms. The third kappa shape index (κ3) is 4.85. The van der Waals surface area contributed by atoms with Gasteiger partial charge in [0.1, 0.15) is 5.75 Å². The van der Waals surface area contributed by atoms with E-state index in [9.17, 15) is 9.59 Å². The van der Waals surface area contributed by atoms with Crippen molar-refractivity contribution < 1.29 is 19.4 Å². The summed E-state index contributed by atoms with van der Waals surface area (Å²) in [6.45, 7) is 4.11. The Kier molecular flexibility index (Phi) is 6.51. The van der Waals surface area contributed by atoms with E-state index in [0.29, 0.717) is 12.3 Å². The van der Waals surface area contributed by atoms with Crippen molar-refractivity contribution in [3.8, 4) is 5.75 Å². The molecule has 0 bridgehead atoms. The highest BCUT2D eigenvalue weighted by Gasteiger charge is 2.22. The lowest BCUT2D eigenvalue weighted by Crippen LogP contribution is -2.41. The van der Waals surface area contributed by atoms with Crippen LogP contribution in [0.1, 0.15) is 20.3 Å². The molecule has 0 radical (unpaired) electrons. The molecular weight excluding hydrogens is 326 g/mol. The Hall–Kier alpha value is -1.56. The molecule has 0 saturated heterocycles. The third-order valence-electron chi connectivity index (χ3n) is 2.78. The number of benzene rings is 1. The molecule has 0 aromatic heterocycles. The number of carbonyl (C=O) groups is 2. The van der Waals surface area contributed by atoms with Crippen molar-refractivity contribution in [3.05, 3.63) is 28.7 Å². The minimum atomic E-state index is -0.921. The van der Waals surface area contributed by atoms with Crippen LogP contribution in [0.2, 0.25) is 0 Å². The number of para-hydroxylation sites is 1. The van der Waals surface area contributed by atoms with Gasteiger partial charge in [-0.3, -0.25) is 9.59 Å². The quantitative estimate of drug-likeness (QED) is 0.826. The van der Waals surface area contributed by atoms with E-state index in [-0.39, 0.29) is 18.9 Å². The standard InChI is InChI=1S/C14H18BrNO4/c1-3-16(9-8-13(17)18)14(19)10(2)20-12-7-5-4-6-11(12)15/h4-7,10H,3,8-9H2,1-2H3,(H,17,18). The maximum Gasteiger partial charge on any atom is 0.305 e. The molecule has 0 aliphatic heterocycles. The van der Waals surface area contributed by atoms with Crippen LogP contribution in [-0.2, 0) is 9.59 Å². The average molecular weight is 344 g/mol. The van der Waals surface area contributed by atoms with Crippen LogP contribution >= 0.6 is 15.9 Å². The van der Waals surface area contributed by atoms with Crippen molar-refractivity contribution in [3.63, 3.8) is 0 Å². The van der Waals surface area contributed by atoms with Gasteiger partial charge in [-0.2, -0.15) is 0 Å². The number of aliphatic carboxylic acids is 1. The summed E-state index contributed by atoms with van der Waals surface area (Å²) in [4.78, 5) is 24.2. The third-order valence-corrected chi connectivity index (χ3v) is 3.43. The van der Waals surface area contributed by atoms with Gasteiger partial charge in [0.2, 0.25) is 0 Å². The van der Waals surface area contributed by atoms with Crippen LogP contribution in [-0.4, -0.2) is 41.1 Å². The molecule has 1 amide bonds. The van der Waals surface area contributed by atoms with E-state index in [1.165, 1.54) is 4.90 Å². The molecule has 5 nitrogen and oxygen atoms in total. The molecular formula is C14H18BrNO4. The Morgan fingerprint density at radius 1 is 1.40 bits per heavy atom. The summed E-state index contributed by atoms with van der Waals surface area (Å²) in [5.41, 5.74) is 0. The summed E-state index contributed by atoms with van der Waals surface area (Å²) in [6.07, 6.45) is -0.733. The van der Waals surface area contributed by atoms with E-state index in [1.807, 2.05) is 25.1 Å². The maximum atomic E-state index is 12.2. The van der Waals surface area contributed by atoms with Gasteiger partial charge in [-0.25, -0.2) is 0 Å². The van der Waals surface area contributed by atoms with Gasteiger partial charge >= 0.3 is 5.97 Å². The van der Waals surface area contributed by atoms with Crippen molar-refractivity contribution in [2.45, 2.75) is 26.4 Å². The Bertz CT molecular complexity index is 478.